The molecule has 6 rings (SSSR count). The van der Waals surface area contributed by atoms with Gasteiger partial charge in [0.25, 0.3) is 5.91 Å². The minimum Gasteiger partial charge on any atom is -0.463 e. The summed E-state index contributed by atoms with van der Waals surface area (Å²) >= 11 is 6.61. The second-order valence-corrected chi connectivity index (χ2v) is 12.5. The number of carbonyl (C=O) groups excluding carboxylic acids is 4. The summed E-state index contributed by atoms with van der Waals surface area (Å²) in [7, 11) is 0. The lowest BCUT2D eigenvalue weighted by molar-refractivity contribution is -0.145. The first-order chi connectivity index (χ1) is 22.4. The monoisotopic (exact) mass is 647 g/mol. The van der Waals surface area contributed by atoms with Crippen LogP contribution in [0.4, 0.5) is 5.69 Å². The number of para-hydroxylation sites is 1. The van der Waals surface area contributed by atoms with Gasteiger partial charge in [-0.15, -0.1) is 0 Å². The van der Waals surface area contributed by atoms with E-state index in [1.54, 1.807) is 47.4 Å². The molecule has 5 bridgehead atoms. The highest BCUT2D eigenvalue weighted by Gasteiger charge is 2.73. The van der Waals surface area contributed by atoms with Gasteiger partial charge in [-0.1, -0.05) is 78.4 Å². The number of allylic oxidation sites excluding steroid dienone is 1. The van der Waals surface area contributed by atoms with Gasteiger partial charge < -0.3 is 29.7 Å². The summed E-state index contributed by atoms with van der Waals surface area (Å²) in [6.45, 7) is 0.352. The zero-order valence-electron chi connectivity index (χ0n) is 25.4. The van der Waals surface area contributed by atoms with Crippen molar-refractivity contribution in [1.82, 2.24) is 10.2 Å². The number of amides is 3. The second kappa shape index (κ2) is 13.8. The molecule has 0 radical (unpaired) electrons. The van der Waals surface area contributed by atoms with Crippen LogP contribution in [0.2, 0.25) is 5.02 Å². The predicted octanol–water partition coefficient (Wildman–Crippen LogP) is 3.74. The number of unbranched alkanes of at least 4 members (excludes halogenated alkanes) is 2. The third-order valence-corrected chi connectivity index (χ3v) is 9.60. The molecule has 4 aliphatic heterocycles. The second-order valence-electron chi connectivity index (χ2n) is 12.1. The predicted molar refractivity (Wildman–Crippen MR) is 171 cm³/mol. The molecule has 6 atom stereocenters. The highest BCUT2D eigenvalue weighted by molar-refractivity contribution is 6.34. The Kier molecular flexibility index (Phi) is 9.58. The van der Waals surface area contributed by atoms with Gasteiger partial charge in [0.1, 0.15) is 18.2 Å². The van der Waals surface area contributed by atoms with E-state index in [4.69, 9.17) is 21.1 Å². The van der Waals surface area contributed by atoms with Gasteiger partial charge in [0.2, 0.25) is 11.8 Å². The number of aliphatic hydroxyl groups excluding tert-OH is 1. The minimum absolute atomic E-state index is 0.0309. The normalized spacial score (nSPS) is 30.3. The molecular formula is C35H38ClN3O7. The van der Waals surface area contributed by atoms with E-state index >= 15 is 0 Å². The minimum atomic E-state index is -1.36. The lowest BCUT2D eigenvalue weighted by Crippen LogP contribution is -2.56. The number of nitrogens with one attached hydrogen (secondary N) is 1. The molecule has 2 fully saturated rings. The van der Waals surface area contributed by atoms with Gasteiger partial charge in [-0.25, -0.2) is 0 Å². The van der Waals surface area contributed by atoms with Gasteiger partial charge in [-0.05, 0) is 43.4 Å². The van der Waals surface area contributed by atoms with Crippen molar-refractivity contribution >= 4 is 41.0 Å². The molecule has 0 aromatic heterocycles. The fourth-order valence-corrected chi connectivity index (χ4v) is 7.34. The van der Waals surface area contributed by atoms with Crippen LogP contribution in [0.1, 0.15) is 43.7 Å². The Labute approximate surface area is 273 Å². The van der Waals surface area contributed by atoms with E-state index in [2.05, 4.69) is 5.32 Å². The molecule has 10 nitrogen and oxygen atoms in total. The average Bonchev–Trinajstić information content (AvgIpc) is 3.70. The SMILES string of the molecule is O=C1CC/C=C\CN(c2ccccc2Cl)C(=O)[C@@H]2N(CCCCCO)C(=O)[C@H]3[C@H](C(=O)N[C@H](c4ccccc4)CO1)[C@@H]1C=C[C@]23O1. The van der Waals surface area contributed by atoms with Gasteiger partial charge in [0.15, 0.2) is 0 Å². The zero-order valence-corrected chi connectivity index (χ0v) is 26.2. The van der Waals surface area contributed by atoms with Gasteiger partial charge in [0.05, 0.1) is 34.7 Å². The number of nitrogens with zero attached hydrogens (tertiary/aromatic N) is 2. The van der Waals surface area contributed by atoms with Crippen LogP contribution in [0.25, 0.3) is 0 Å². The molecule has 3 amide bonds. The third-order valence-electron chi connectivity index (χ3n) is 9.28. The third kappa shape index (κ3) is 5.97. The van der Waals surface area contributed by atoms with Crippen LogP contribution in [0, 0.1) is 11.8 Å². The van der Waals surface area contributed by atoms with Crippen LogP contribution in [-0.4, -0.2) is 77.7 Å². The molecule has 2 aromatic carbocycles. The van der Waals surface area contributed by atoms with Crippen molar-refractivity contribution in [3.05, 3.63) is 89.5 Å². The van der Waals surface area contributed by atoms with Crippen molar-refractivity contribution in [2.75, 3.05) is 31.2 Å². The molecule has 4 heterocycles. The Morgan fingerprint density at radius 2 is 1.74 bits per heavy atom. The van der Waals surface area contributed by atoms with Crippen molar-refractivity contribution in [2.24, 2.45) is 11.8 Å². The van der Waals surface area contributed by atoms with Crippen LogP contribution in [0.5, 0.6) is 0 Å². The Bertz CT molecular complexity index is 1530. The van der Waals surface area contributed by atoms with Crippen molar-refractivity contribution in [3.63, 3.8) is 0 Å². The van der Waals surface area contributed by atoms with Crippen molar-refractivity contribution in [3.8, 4) is 0 Å². The number of likely N-dealkylation sites (tertiary alicyclic amines) is 1. The maximum Gasteiger partial charge on any atom is 0.306 e. The molecule has 2 N–H and O–H groups in total. The number of hydrogen-bond acceptors (Lipinski definition) is 7. The molecule has 2 aromatic rings. The van der Waals surface area contributed by atoms with E-state index in [1.807, 2.05) is 36.4 Å². The number of benzene rings is 2. The molecule has 4 aliphatic rings. The molecule has 11 heteroatoms. The summed E-state index contributed by atoms with van der Waals surface area (Å²) < 4.78 is 12.1. The fourth-order valence-electron chi connectivity index (χ4n) is 7.11. The summed E-state index contributed by atoms with van der Waals surface area (Å²) in [6, 6.07) is 14.5. The largest absolute Gasteiger partial charge is 0.463 e. The lowest BCUT2D eigenvalue weighted by Gasteiger charge is -2.36. The first-order valence-electron chi connectivity index (χ1n) is 15.9. The number of anilines is 1. The van der Waals surface area contributed by atoms with Crippen molar-refractivity contribution < 1.29 is 33.8 Å². The number of fused-ring (bicyclic) bond motifs is 2. The van der Waals surface area contributed by atoms with Crippen LogP contribution in [0.3, 0.4) is 0 Å². The molecule has 1 spiro atoms. The highest BCUT2D eigenvalue weighted by atomic mass is 35.5. The topological polar surface area (TPSA) is 125 Å². The lowest BCUT2D eigenvalue weighted by atomic mass is 9.74. The van der Waals surface area contributed by atoms with Gasteiger partial charge in [0, 0.05) is 26.1 Å². The van der Waals surface area contributed by atoms with Crippen LogP contribution >= 0.6 is 11.6 Å². The van der Waals surface area contributed by atoms with Crippen LogP contribution in [0.15, 0.2) is 78.9 Å². The Morgan fingerprint density at radius 3 is 2.52 bits per heavy atom. The average molecular weight is 648 g/mol. The van der Waals surface area contributed by atoms with E-state index in [-0.39, 0.29) is 44.5 Å². The maximum atomic E-state index is 14.8. The summed E-state index contributed by atoms with van der Waals surface area (Å²) in [5.41, 5.74) is -0.133. The van der Waals surface area contributed by atoms with E-state index < -0.39 is 47.5 Å². The Balaban J connectivity index is 1.42. The molecule has 242 valence electrons. The van der Waals surface area contributed by atoms with Crippen LogP contribution in [-0.2, 0) is 28.7 Å². The Hall–Kier alpha value is -3.99. The number of cyclic esters (lactones) is 1. The van der Waals surface area contributed by atoms with Gasteiger partial charge in [-0.2, -0.15) is 0 Å². The summed E-state index contributed by atoms with van der Waals surface area (Å²) in [6.07, 6.45) is 8.76. The number of rotatable bonds is 7. The number of carbonyl (C=O) groups is 4. The van der Waals surface area contributed by atoms with Crippen molar-refractivity contribution in [1.29, 1.82) is 0 Å². The standard InChI is InChI=1S/C35H38ClN3O7/c36-24-14-7-8-15-26(24)38-19-9-2-6-16-28(41)45-22-25(23-12-4-1-5-13-23)37-32(42)29-27-17-18-35(46-27)30(29)33(43)39(31(35)34(38)44)20-10-3-11-21-40/h1-2,4-5,7-9,12-15,17-18,25,27,29-31,40H,3,6,10-11,16,19-22H2,(H,37,42)/b9-2-/t25-,27-,29+,30+,31-,35+/m0/s1. The number of ether oxygens (including phenoxy) is 2. The van der Waals surface area contributed by atoms with E-state index in [0.717, 1.165) is 5.56 Å². The van der Waals surface area contributed by atoms with E-state index in [1.165, 1.54) is 4.90 Å². The van der Waals surface area contributed by atoms with Gasteiger partial charge in [-0.3, -0.25) is 19.2 Å². The Morgan fingerprint density at radius 1 is 0.957 bits per heavy atom. The number of halogens is 1. The first kappa shape index (κ1) is 32.0. The smallest absolute Gasteiger partial charge is 0.306 e. The molecule has 0 unspecified atom stereocenters. The number of hydrogen-bond donors (Lipinski definition) is 2. The summed E-state index contributed by atoms with van der Waals surface area (Å²) in [5.74, 6) is -3.38. The summed E-state index contributed by atoms with van der Waals surface area (Å²) in [5, 5.41) is 12.7. The molecule has 2 saturated heterocycles. The fraction of sp³-hybridized carbons (Fsp3) is 0.429. The van der Waals surface area contributed by atoms with E-state index in [0.29, 0.717) is 36.4 Å². The highest BCUT2D eigenvalue weighted by Crippen LogP contribution is 2.55. The molecule has 46 heavy (non-hydrogen) atoms. The van der Waals surface area contributed by atoms with Crippen molar-refractivity contribution in [2.45, 2.75) is 55.9 Å². The zero-order chi connectivity index (χ0) is 32.3. The summed E-state index contributed by atoms with van der Waals surface area (Å²) in [4.78, 5) is 59.1. The number of esters is 1. The maximum absolute atomic E-state index is 14.8. The van der Waals surface area contributed by atoms with Crippen LogP contribution < -0.4 is 10.2 Å². The molecule has 0 aliphatic carbocycles. The quantitative estimate of drug-likeness (QED) is 0.267. The number of aliphatic hydroxyl groups is 1. The molecule has 0 saturated carbocycles. The van der Waals surface area contributed by atoms with Gasteiger partial charge >= 0.3 is 5.97 Å². The first-order valence-corrected chi connectivity index (χ1v) is 16.2. The molecular weight excluding hydrogens is 610 g/mol. The van der Waals surface area contributed by atoms with E-state index in [9.17, 15) is 24.3 Å².